The average molecular weight is 269 g/mol. The fraction of sp³-hybridized carbons (Fsp3) is 0.308. The van der Waals surface area contributed by atoms with Crippen molar-refractivity contribution < 1.29 is 4.39 Å². The van der Waals surface area contributed by atoms with Gasteiger partial charge in [-0.15, -0.1) is 0 Å². The minimum atomic E-state index is -0.179. The smallest absolute Gasteiger partial charge is 0.141 e. The van der Waals surface area contributed by atoms with Crippen LogP contribution < -0.4 is 0 Å². The number of hydrogen-bond acceptors (Lipinski definition) is 0. The third-order valence-corrected chi connectivity index (χ3v) is 2.86. The summed E-state index contributed by atoms with van der Waals surface area (Å²) in [6, 6.07) is 8.08. The zero-order valence-electron chi connectivity index (χ0n) is 8.76. The molecule has 0 radical (unpaired) electrons. The first-order valence-electron chi connectivity index (χ1n) is 5.07. The van der Waals surface area contributed by atoms with Gasteiger partial charge in [-0.1, -0.05) is 46.8 Å². The van der Waals surface area contributed by atoms with Crippen molar-refractivity contribution in [2.24, 2.45) is 0 Å². The van der Waals surface area contributed by atoms with E-state index >= 15 is 0 Å². The van der Waals surface area contributed by atoms with Crippen molar-refractivity contribution in [3.63, 3.8) is 0 Å². The van der Waals surface area contributed by atoms with Crippen LogP contribution in [0.1, 0.15) is 25.3 Å². The highest BCUT2D eigenvalue weighted by molar-refractivity contribution is 9.10. The van der Waals surface area contributed by atoms with Crippen molar-refractivity contribution >= 4 is 15.9 Å². The van der Waals surface area contributed by atoms with Crippen molar-refractivity contribution in [1.29, 1.82) is 0 Å². The molecule has 0 atom stereocenters. The summed E-state index contributed by atoms with van der Waals surface area (Å²) >= 11 is 3.48. The van der Waals surface area contributed by atoms with Gasteiger partial charge < -0.3 is 0 Å². The number of halogens is 2. The van der Waals surface area contributed by atoms with Crippen LogP contribution in [0, 0.1) is 0 Å². The molecule has 0 unspecified atom stereocenters. The highest BCUT2D eigenvalue weighted by Crippen LogP contribution is 2.17. The molecule has 0 heterocycles. The summed E-state index contributed by atoms with van der Waals surface area (Å²) in [6.45, 7) is 1.78. The van der Waals surface area contributed by atoms with E-state index in [2.05, 4.69) is 27.7 Å². The maximum atomic E-state index is 12.7. The predicted molar refractivity (Wildman–Crippen MR) is 65.5 cm³/mol. The lowest BCUT2D eigenvalue weighted by atomic mass is 10.1. The Balaban J connectivity index is 2.52. The first kappa shape index (κ1) is 12.2. The molecule has 1 aromatic rings. The molecule has 15 heavy (non-hydrogen) atoms. The Hall–Kier alpha value is -0.850. The van der Waals surface area contributed by atoms with E-state index in [-0.39, 0.29) is 5.83 Å². The Morgan fingerprint density at radius 3 is 2.87 bits per heavy atom. The molecule has 0 aliphatic carbocycles. The van der Waals surface area contributed by atoms with E-state index in [1.54, 1.807) is 13.0 Å². The Kier molecular flexibility index (Phi) is 5.38. The van der Waals surface area contributed by atoms with Crippen LogP contribution in [0.4, 0.5) is 4.39 Å². The van der Waals surface area contributed by atoms with Gasteiger partial charge in [0.25, 0.3) is 0 Å². The van der Waals surface area contributed by atoms with Gasteiger partial charge in [-0.05, 0) is 30.5 Å². The zero-order chi connectivity index (χ0) is 11.1. The first-order chi connectivity index (χ1) is 7.24. The number of hydrogen-bond donors (Lipinski definition) is 0. The molecular formula is C13H14BrF. The zero-order valence-corrected chi connectivity index (χ0v) is 10.3. The van der Waals surface area contributed by atoms with Gasteiger partial charge in [-0.3, -0.25) is 0 Å². The number of aryl methyl sites for hydroxylation is 1. The molecule has 0 nitrogen and oxygen atoms in total. The van der Waals surface area contributed by atoms with Crippen LogP contribution >= 0.6 is 15.9 Å². The maximum absolute atomic E-state index is 12.7. The summed E-state index contributed by atoms with van der Waals surface area (Å²) in [7, 11) is 0. The molecule has 0 aliphatic heterocycles. The third-order valence-electron chi connectivity index (χ3n) is 2.08. The molecular weight excluding hydrogens is 255 g/mol. The third kappa shape index (κ3) is 4.46. The van der Waals surface area contributed by atoms with E-state index in [1.807, 2.05) is 18.2 Å². The molecule has 0 aromatic heterocycles. The SMILES string of the molecule is CCC(F)=C=CCCc1ccccc1Br. The van der Waals surface area contributed by atoms with E-state index < -0.39 is 0 Å². The quantitative estimate of drug-likeness (QED) is 0.689. The molecule has 1 aromatic carbocycles. The van der Waals surface area contributed by atoms with Crippen molar-refractivity contribution in [2.45, 2.75) is 26.2 Å². The Bertz CT molecular complexity index is 376. The van der Waals surface area contributed by atoms with Crippen molar-refractivity contribution in [2.75, 3.05) is 0 Å². The van der Waals surface area contributed by atoms with Crippen LogP contribution in [0.15, 0.2) is 46.4 Å². The molecule has 0 fully saturated rings. The fourth-order valence-electron chi connectivity index (χ4n) is 1.21. The Morgan fingerprint density at radius 1 is 1.47 bits per heavy atom. The molecule has 0 aliphatic rings. The van der Waals surface area contributed by atoms with Crippen LogP contribution in [0.3, 0.4) is 0 Å². The number of benzene rings is 1. The lowest BCUT2D eigenvalue weighted by Crippen LogP contribution is -1.83. The largest absolute Gasteiger partial charge is 0.203 e. The van der Waals surface area contributed by atoms with Crippen LogP contribution in [0.5, 0.6) is 0 Å². The van der Waals surface area contributed by atoms with Gasteiger partial charge in [0.15, 0.2) is 0 Å². The summed E-state index contributed by atoms with van der Waals surface area (Å²) in [5, 5.41) is 0. The summed E-state index contributed by atoms with van der Waals surface area (Å²) in [6.07, 6.45) is 3.91. The lowest BCUT2D eigenvalue weighted by molar-refractivity contribution is 0.606. The van der Waals surface area contributed by atoms with E-state index in [4.69, 9.17) is 0 Å². The number of allylic oxidation sites excluding steroid dienone is 1. The second kappa shape index (κ2) is 6.60. The molecule has 1 rings (SSSR count). The highest BCUT2D eigenvalue weighted by atomic mass is 79.9. The highest BCUT2D eigenvalue weighted by Gasteiger charge is 1.95. The van der Waals surface area contributed by atoms with Gasteiger partial charge in [-0.25, -0.2) is 4.39 Å². The van der Waals surface area contributed by atoms with Crippen LogP contribution in [-0.2, 0) is 6.42 Å². The Labute approximate surface area is 98.6 Å². The molecule has 0 saturated carbocycles. The average Bonchev–Trinajstić information content (AvgIpc) is 2.26. The van der Waals surface area contributed by atoms with Crippen molar-refractivity contribution in [1.82, 2.24) is 0 Å². The summed E-state index contributed by atoms with van der Waals surface area (Å²) in [4.78, 5) is 0. The monoisotopic (exact) mass is 268 g/mol. The van der Waals surface area contributed by atoms with Crippen molar-refractivity contribution in [3.05, 3.63) is 51.9 Å². The molecule has 0 saturated heterocycles. The van der Waals surface area contributed by atoms with Crippen LogP contribution in [0.25, 0.3) is 0 Å². The minimum absolute atomic E-state index is 0.179. The maximum Gasteiger partial charge on any atom is 0.141 e. The second-order valence-electron chi connectivity index (χ2n) is 3.24. The van der Waals surface area contributed by atoms with Crippen LogP contribution in [-0.4, -0.2) is 0 Å². The second-order valence-corrected chi connectivity index (χ2v) is 4.09. The fourth-order valence-corrected chi connectivity index (χ4v) is 1.70. The van der Waals surface area contributed by atoms with Gasteiger partial charge in [0.2, 0.25) is 0 Å². The van der Waals surface area contributed by atoms with Gasteiger partial charge in [0, 0.05) is 10.9 Å². The molecule has 0 spiro atoms. The van der Waals surface area contributed by atoms with E-state index in [0.717, 1.165) is 17.3 Å². The molecule has 2 heteroatoms. The topological polar surface area (TPSA) is 0 Å². The van der Waals surface area contributed by atoms with Gasteiger partial charge in [0.1, 0.15) is 5.83 Å². The molecule has 0 amide bonds. The van der Waals surface area contributed by atoms with Crippen LogP contribution in [0.2, 0.25) is 0 Å². The summed E-state index contributed by atoms with van der Waals surface area (Å²) in [5.74, 6) is -0.179. The summed E-state index contributed by atoms with van der Waals surface area (Å²) in [5.41, 5.74) is 3.87. The Morgan fingerprint density at radius 2 is 2.20 bits per heavy atom. The first-order valence-corrected chi connectivity index (χ1v) is 5.86. The van der Waals surface area contributed by atoms with E-state index in [0.29, 0.717) is 6.42 Å². The predicted octanol–water partition coefficient (Wildman–Crippen LogP) is 4.80. The van der Waals surface area contributed by atoms with Crippen molar-refractivity contribution in [3.8, 4) is 0 Å². The number of rotatable bonds is 4. The van der Waals surface area contributed by atoms with E-state index in [1.165, 1.54) is 5.56 Å². The van der Waals surface area contributed by atoms with Gasteiger partial charge >= 0.3 is 0 Å². The molecule has 80 valence electrons. The molecule has 0 bridgehead atoms. The standard InChI is InChI=1S/C13H14BrF/c1-2-12(15)9-5-3-7-11-8-4-6-10-13(11)14/h4-6,8,10H,2-3,7H2,1H3. The van der Waals surface area contributed by atoms with E-state index in [9.17, 15) is 4.39 Å². The van der Waals surface area contributed by atoms with Gasteiger partial charge in [-0.2, -0.15) is 0 Å². The molecule has 0 N–H and O–H groups in total. The minimum Gasteiger partial charge on any atom is -0.203 e. The lowest BCUT2D eigenvalue weighted by Gasteiger charge is -2.00. The summed E-state index contributed by atoms with van der Waals surface area (Å²) < 4.78 is 13.8. The normalized spacial score (nSPS) is 9.53. The van der Waals surface area contributed by atoms with Gasteiger partial charge in [0.05, 0.1) is 0 Å².